The molecule has 0 spiro atoms. The van der Waals surface area contributed by atoms with Crippen LogP contribution in [-0.2, 0) is 6.54 Å². The largest absolute Gasteiger partial charge is 0.335 e. The summed E-state index contributed by atoms with van der Waals surface area (Å²) in [5.41, 5.74) is 4.75. The molecule has 1 saturated carbocycles. The molecule has 1 aliphatic rings. The first-order valence-electron chi connectivity index (χ1n) is 12.9. The van der Waals surface area contributed by atoms with Gasteiger partial charge in [0.05, 0.1) is 6.54 Å². The van der Waals surface area contributed by atoms with Gasteiger partial charge in [-0.15, -0.1) is 10.2 Å². The molecular formula is C28H32N6O2. The third kappa shape index (κ3) is 4.94. The monoisotopic (exact) mass is 484 g/mol. The number of imidazole rings is 1. The van der Waals surface area contributed by atoms with Gasteiger partial charge in [0.25, 0.3) is 0 Å². The summed E-state index contributed by atoms with van der Waals surface area (Å²) in [6.45, 7) is 2.50. The molecule has 8 heteroatoms. The van der Waals surface area contributed by atoms with Crippen molar-refractivity contribution in [1.82, 2.24) is 29.8 Å². The molecule has 2 heterocycles. The molecule has 1 N–H and O–H groups in total. The zero-order valence-electron chi connectivity index (χ0n) is 20.7. The molecule has 8 nitrogen and oxygen atoms in total. The van der Waals surface area contributed by atoms with Crippen LogP contribution in [0.3, 0.4) is 0 Å². The molecule has 4 aromatic rings. The minimum absolute atomic E-state index is 0.105. The van der Waals surface area contributed by atoms with Crippen LogP contribution in [0, 0.1) is 0 Å². The summed E-state index contributed by atoms with van der Waals surface area (Å²) in [6, 6.07) is 16.2. The number of nitrogens with one attached hydrogen (secondary N) is 1. The molecule has 2 aromatic carbocycles. The van der Waals surface area contributed by atoms with E-state index in [9.17, 15) is 9.59 Å². The van der Waals surface area contributed by atoms with Crippen LogP contribution in [-0.4, -0.2) is 35.7 Å². The fourth-order valence-electron chi connectivity index (χ4n) is 5.19. The summed E-state index contributed by atoms with van der Waals surface area (Å²) in [5, 5.41) is 14.5. The molecule has 5 rings (SSSR count). The molecule has 36 heavy (non-hydrogen) atoms. The topological polar surface area (TPSA) is 98.5 Å². The van der Waals surface area contributed by atoms with Gasteiger partial charge in [0, 0.05) is 29.8 Å². The Kier molecular flexibility index (Phi) is 7.21. The molecule has 0 amide bonds. The molecule has 1 fully saturated rings. The van der Waals surface area contributed by atoms with E-state index >= 15 is 0 Å². The number of aromatic nitrogens is 6. The maximum atomic E-state index is 13.4. The lowest BCUT2D eigenvalue weighted by Crippen LogP contribution is -2.29. The quantitative estimate of drug-likeness (QED) is 0.360. The van der Waals surface area contributed by atoms with Crippen LogP contribution >= 0.6 is 0 Å². The molecular weight excluding hydrogens is 452 g/mol. The number of hydrogen-bond donors (Lipinski definition) is 1. The Balaban J connectivity index is 1.45. The van der Waals surface area contributed by atoms with E-state index in [1.807, 2.05) is 35.0 Å². The summed E-state index contributed by atoms with van der Waals surface area (Å²) in [7, 11) is 0. The van der Waals surface area contributed by atoms with Gasteiger partial charge in [0.1, 0.15) is 0 Å². The molecule has 0 unspecified atom stereocenters. The minimum Gasteiger partial charge on any atom is -0.291 e. The fourth-order valence-corrected chi connectivity index (χ4v) is 5.19. The number of hydrogen-bond acceptors (Lipinski definition) is 5. The molecule has 2 aromatic heterocycles. The first kappa shape index (κ1) is 23.9. The van der Waals surface area contributed by atoms with Gasteiger partial charge in [-0.25, -0.2) is 9.36 Å². The first-order chi connectivity index (χ1) is 17.7. The van der Waals surface area contributed by atoms with Crippen molar-refractivity contribution in [1.29, 1.82) is 0 Å². The zero-order chi connectivity index (χ0) is 24.9. The number of benzene rings is 2. The number of H-pyrrole nitrogens is 1. The number of rotatable bonds is 8. The summed E-state index contributed by atoms with van der Waals surface area (Å²) >= 11 is 0. The maximum Gasteiger partial charge on any atom is 0.335 e. The average Bonchev–Trinajstić information content (AvgIpc) is 3.57. The van der Waals surface area contributed by atoms with Crippen molar-refractivity contribution in [3.8, 4) is 22.5 Å². The summed E-state index contributed by atoms with van der Waals surface area (Å²) in [6.07, 6.45) is 9.66. The van der Waals surface area contributed by atoms with Gasteiger partial charge in [-0.2, -0.15) is 5.21 Å². The predicted octanol–water partition coefficient (Wildman–Crippen LogP) is 5.42. The van der Waals surface area contributed by atoms with Crippen LogP contribution in [0.4, 0.5) is 0 Å². The Morgan fingerprint density at radius 1 is 1.03 bits per heavy atom. The second-order valence-electron chi connectivity index (χ2n) is 9.60. The minimum atomic E-state index is -0.219. The van der Waals surface area contributed by atoms with Crippen molar-refractivity contribution >= 4 is 5.91 Å². The Labute approximate surface area is 210 Å². The molecule has 186 valence electrons. The van der Waals surface area contributed by atoms with Crippen molar-refractivity contribution < 1.29 is 4.79 Å². The van der Waals surface area contributed by atoms with E-state index in [1.54, 1.807) is 0 Å². The van der Waals surface area contributed by atoms with E-state index in [2.05, 4.69) is 51.8 Å². The molecule has 1 aliphatic carbocycles. The third-order valence-electron chi connectivity index (χ3n) is 7.17. The molecule has 0 saturated heterocycles. The van der Waals surface area contributed by atoms with Gasteiger partial charge in [-0.3, -0.25) is 9.36 Å². The number of nitrogens with zero attached hydrogens (tertiary/aromatic N) is 5. The third-order valence-corrected chi connectivity index (χ3v) is 7.17. The summed E-state index contributed by atoms with van der Waals surface area (Å²) in [4.78, 5) is 26.2. The molecule has 0 atom stereocenters. The molecule has 0 bridgehead atoms. The van der Waals surface area contributed by atoms with Gasteiger partial charge < -0.3 is 0 Å². The normalized spacial score (nSPS) is 14.2. The van der Waals surface area contributed by atoms with E-state index in [0.717, 1.165) is 53.6 Å². The molecule has 0 radical (unpaired) electrons. The molecule has 0 aliphatic heterocycles. The van der Waals surface area contributed by atoms with Crippen molar-refractivity contribution in [2.75, 3.05) is 0 Å². The van der Waals surface area contributed by atoms with Gasteiger partial charge in [0.2, 0.25) is 11.7 Å². The lowest BCUT2D eigenvalue weighted by molar-refractivity contribution is 0.0894. The van der Waals surface area contributed by atoms with Crippen LogP contribution in [0.2, 0.25) is 0 Å². The van der Waals surface area contributed by atoms with E-state index in [-0.39, 0.29) is 11.6 Å². The number of tetrazole rings is 1. The number of aromatic amines is 1. The van der Waals surface area contributed by atoms with Crippen molar-refractivity contribution in [3.63, 3.8) is 0 Å². The highest BCUT2D eigenvalue weighted by molar-refractivity contribution is 5.80. The summed E-state index contributed by atoms with van der Waals surface area (Å²) < 4.78 is 3.18. The van der Waals surface area contributed by atoms with Crippen LogP contribution < -0.4 is 5.69 Å². The van der Waals surface area contributed by atoms with E-state index < -0.39 is 0 Å². The van der Waals surface area contributed by atoms with Crippen molar-refractivity contribution in [2.45, 2.75) is 70.8 Å². The van der Waals surface area contributed by atoms with Crippen LogP contribution in [0.1, 0.15) is 80.3 Å². The van der Waals surface area contributed by atoms with Crippen LogP contribution in [0.15, 0.2) is 59.5 Å². The Bertz CT molecular complexity index is 1360. The van der Waals surface area contributed by atoms with Gasteiger partial charge in [0.15, 0.2) is 0 Å². The highest BCUT2D eigenvalue weighted by Crippen LogP contribution is 2.33. The highest BCUT2D eigenvalue weighted by Gasteiger charge is 2.24. The highest BCUT2D eigenvalue weighted by atomic mass is 16.2. The van der Waals surface area contributed by atoms with Crippen molar-refractivity contribution in [2.24, 2.45) is 0 Å². The fraction of sp³-hybridized carbons (Fsp3) is 0.393. The smallest absolute Gasteiger partial charge is 0.291 e. The lowest BCUT2D eigenvalue weighted by Gasteiger charge is -2.22. The summed E-state index contributed by atoms with van der Waals surface area (Å²) in [5.74, 6) is 0.770. The van der Waals surface area contributed by atoms with Gasteiger partial charge in [-0.1, -0.05) is 81.1 Å². The van der Waals surface area contributed by atoms with Gasteiger partial charge >= 0.3 is 5.69 Å². The van der Waals surface area contributed by atoms with Crippen LogP contribution in [0.5, 0.6) is 0 Å². The van der Waals surface area contributed by atoms with E-state index in [4.69, 9.17) is 0 Å². The Morgan fingerprint density at radius 3 is 2.47 bits per heavy atom. The van der Waals surface area contributed by atoms with Gasteiger partial charge in [-0.05, 0) is 41.2 Å². The van der Waals surface area contributed by atoms with E-state index in [1.165, 1.54) is 23.8 Å². The van der Waals surface area contributed by atoms with Crippen LogP contribution in [0.25, 0.3) is 22.5 Å². The lowest BCUT2D eigenvalue weighted by atomic mass is 9.87. The predicted molar refractivity (Wildman–Crippen MR) is 139 cm³/mol. The second kappa shape index (κ2) is 10.8. The number of unbranched alkanes of at least 4 members (excludes halogenated alkanes) is 1. The zero-order valence-corrected chi connectivity index (χ0v) is 20.7. The Hall–Kier alpha value is -3.81. The standard InChI is InChI=1S/C28H32N6O2/c1-2-3-13-26(35)34-19-25(22-9-5-4-6-10-22)33(28(34)36)18-20-14-16-21(17-15-20)23-11-7-8-12-24(23)27-29-31-32-30-27/h7-8,11-12,14-17,19,22H,2-6,9-10,13,18H2,1H3,(H,29,30,31,32). The van der Waals surface area contributed by atoms with E-state index in [0.29, 0.717) is 24.7 Å². The maximum absolute atomic E-state index is 13.4. The Morgan fingerprint density at radius 2 is 1.78 bits per heavy atom. The number of carbonyl (C=O) groups is 1. The average molecular weight is 485 g/mol. The van der Waals surface area contributed by atoms with Crippen molar-refractivity contribution in [3.05, 3.63) is 76.5 Å². The second-order valence-corrected chi connectivity index (χ2v) is 9.60. The SMILES string of the molecule is CCCCC(=O)n1cc(C2CCCCC2)n(Cc2ccc(-c3ccccc3-c3nn[nH]n3)cc2)c1=O. The first-order valence-corrected chi connectivity index (χ1v) is 12.9. The number of carbonyl (C=O) groups excluding carboxylic acids is 1.